The molecule has 0 aliphatic rings. The van der Waals surface area contributed by atoms with Gasteiger partial charge in [-0.25, -0.2) is 27.0 Å². The number of rotatable bonds is 8. The van der Waals surface area contributed by atoms with Crippen molar-refractivity contribution in [1.82, 2.24) is 4.98 Å². The number of allylic oxidation sites excluding steroid dienone is 1. The van der Waals surface area contributed by atoms with Crippen LogP contribution in [0.3, 0.4) is 0 Å². The van der Waals surface area contributed by atoms with E-state index in [0.717, 1.165) is 28.4 Å². The Morgan fingerprint density at radius 1 is 1.11 bits per heavy atom. The van der Waals surface area contributed by atoms with Crippen LogP contribution in [0.25, 0.3) is 15.8 Å². The third-order valence-electron chi connectivity index (χ3n) is 4.91. The quantitative estimate of drug-likeness (QED) is 0.255. The second-order valence-corrected chi connectivity index (χ2v) is 11.4. The second-order valence-electron chi connectivity index (χ2n) is 7.55. The van der Waals surface area contributed by atoms with Crippen LogP contribution in [0.4, 0.5) is 14.5 Å². The number of carbonyl (C=O) groups is 1. The smallest absolute Gasteiger partial charge is 0.336 e. The van der Waals surface area contributed by atoms with Gasteiger partial charge in [-0.1, -0.05) is 18.2 Å². The third kappa shape index (κ3) is 5.53. The van der Waals surface area contributed by atoms with E-state index in [1.54, 1.807) is 31.2 Å². The summed E-state index contributed by atoms with van der Waals surface area (Å²) in [4.78, 5) is 16.4. The lowest BCUT2D eigenvalue weighted by Gasteiger charge is -2.11. The molecule has 0 amide bonds. The number of aromatic nitrogens is 1. The largest absolute Gasteiger partial charge is 0.478 e. The summed E-state index contributed by atoms with van der Waals surface area (Å²) in [6.07, 6.45) is 0. The number of aromatic carboxylic acids is 1. The van der Waals surface area contributed by atoms with E-state index in [1.165, 1.54) is 30.0 Å². The molecule has 3 aromatic carbocycles. The average molecular weight is 533 g/mol. The average Bonchev–Trinajstić information content (AvgIpc) is 3.21. The summed E-state index contributed by atoms with van der Waals surface area (Å²) in [6, 6.07) is 12.4. The van der Waals surface area contributed by atoms with E-state index >= 15 is 0 Å². The topological polar surface area (TPSA) is 96.4 Å². The summed E-state index contributed by atoms with van der Waals surface area (Å²) in [7, 11) is -4.03. The molecule has 1 heterocycles. The van der Waals surface area contributed by atoms with Crippen molar-refractivity contribution >= 4 is 60.6 Å². The molecule has 0 radical (unpaired) electrons. The van der Waals surface area contributed by atoms with E-state index in [4.69, 9.17) is 0 Å². The zero-order chi connectivity index (χ0) is 25.3. The van der Waals surface area contributed by atoms with Crippen molar-refractivity contribution in [2.75, 3.05) is 4.72 Å². The van der Waals surface area contributed by atoms with E-state index in [-0.39, 0.29) is 16.0 Å². The highest BCUT2D eigenvalue weighted by molar-refractivity contribution is 7.98. The van der Waals surface area contributed by atoms with E-state index in [0.29, 0.717) is 32.3 Å². The fourth-order valence-corrected chi connectivity index (χ4v) is 6.21. The summed E-state index contributed by atoms with van der Waals surface area (Å²) in [5.41, 5.74) is 1.29. The highest BCUT2D eigenvalue weighted by Crippen LogP contribution is 2.31. The molecule has 0 aliphatic heterocycles. The van der Waals surface area contributed by atoms with Gasteiger partial charge in [-0.15, -0.1) is 23.1 Å². The Morgan fingerprint density at radius 2 is 1.83 bits per heavy atom. The molecule has 0 atom stereocenters. The molecule has 4 rings (SSSR count). The maximum absolute atomic E-state index is 13.9. The lowest BCUT2D eigenvalue weighted by atomic mass is 10.0. The molecule has 6 nitrogen and oxygen atoms in total. The van der Waals surface area contributed by atoms with Gasteiger partial charge in [0.15, 0.2) is 0 Å². The highest BCUT2D eigenvalue weighted by Gasteiger charge is 2.19. The number of thiazole rings is 1. The Bertz CT molecular complexity index is 1570. The van der Waals surface area contributed by atoms with Crippen LogP contribution in [-0.4, -0.2) is 24.5 Å². The molecule has 0 bridgehead atoms. The summed E-state index contributed by atoms with van der Waals surface area (Å²) < 4.78 is 55.6. The lowest BCUT2D eigenvalue weighted by molar-refractivity contribution is 0.0696. The van der Waals surface area contributed by atoms with Crippen molar-refractivity contribution in [2.45, 2.75) is 22.5 Å². The van der Waals surface area contributed by atoms with Crippen molar-refractivity contribution in [1.29, 1.82) is 0 Å². The molecule has 4 aromatic rings. The number of fused-ring (bicyclic) bond motifs is 1. The molecular weight excluding hydrogens is 514 g/mol. The first-order valence-electron chi connectivity index (χ1n) is 10.1. The first-order chi connectivity index (χ1) is 16.5. The molecular formula is C24H18F2N2O4S3. The molecule has 0 unspecified atom stereocenters. The minimum absolute atomic E-state index is 0.149. The van der Waals surface area contributed by atoms with Gasteiger partial charge >= 0.3 is 5.97 Å². The minimum atomic E-state index is -4.03. The molecule has 1 aromatic heterocycles. The standard InChI is InChI=1S/C24H18F2N2O4S3/c1-13(2)18-8-7-17(11-19(18)24(29)30)35(31,32)28-15-3-5-16(6-4-15)33-12-22-27-21-10-14(25)9-20(26)23(21)34-22/h3-11,28H,1,12H2,2H3,(H,29,30). The maximum atomic E-state index is 13.9. The van der Waals surface area contributed by atoms with Crippen LogP contribution < -0.4 is 4.72 Å². The van der Waals surface area contributed by atoms with E-state index in [1.807, 2.05) is 0 Å². The van der Waals surface area contributed by atoms with E-state index < -0.39 is 27.6 Å². The fraction of sp³-hybridized carbons (Fsp3) is 0.0833. The number of halogens is 2. The number of nitrogens with zero attached hydrogens (tertiary/aromatic N) is 1. The molecule has 11 heteroatoms. The Balaban J connectivity index is 1.46. The third-order valence-corrected chi connectivity index (χ3v) is 8.58. The van der Waals surface area contributed by atoms with Gasteiger partial charge in [-0.3, -0.25) is 4.72 Å². The second kappa shape index (κ2) is 9.76. The number of thioether (sulfide) groups is 1. The number of anilines is 1. The Hall–Kier alpha value is -3.28. The summed E-state index contributed by atoms with van der Waals surface area (Å²) in [6.45, 7) is 5.37. The lowest BCUT2D eigenvalue weighted by Crippen LogP contribution is -2.14. The van der Waals surface area contributed by atoms with Gasteiger partial charge in [-0.2, -0.15) is 0 Å². The van der Waals surface area contributed by atoms with Crippen molar-refractivity contribution in [2.24, 2.45) is 0 Å². The molecule has 0 saturated heterocycles. The molecule has 0 aliphatic carbocycles. The summed E-state index contributed by atoms with van der Waals surface area (Å²) in [5.74, 6) is -2.14. The molecule has 0 fully saturated rings. The Kier molecular flexibility index (Phi) is 6.93. The predicted molar refractivity (Wildman–Crippen MR) is 134 cm³/mol. The minimum Gasteiger partial charge on any atom is -0.478 e. The van der Waals surface area contributed by atoms with E-state index in [9.17, 15) is 27.1 Å². The van der Waals surface area contributed by atoms with Gasteiger partial charge in [0, 0.05) is 22.7 Å². The van der Waals surface area contributed by atoms with Crippen LogP contribution in [0.5, 0.6) is 0 Å². The van der Waals surface area contributed by atoms with E-state index in [2.05, 4.69) is 16.3 Å². The van der Waals surface area contributed by atoms with Crippen LogP contribution in [-0.2, 0) is 15.8 Å². The summed E-state index contributed by atoms with van der Waals surface area (Å²) >= 11 is 2.57. The summed E-state index contributed by atoms with van der Waals surface area (Å²) in [5, 5.41) is 10.1. The van der Waals surface area contributed by atoms with Crippen LogP contribution in [0.2, 0.25) is 0 Å². The van der Waals surface area contributed by atoms with Gasteiger partial charge in [0.1, 0.15) is 16.6 Å². The van der Waals surface area contributed by atoms with Crippen LogP contribution in [0.1, 0.15) is 27.9 Å². The molecule has 180 valence electrons. The first-order valence-corrected chi connectivity index (χ1v) is 13.4. The van der Waals surface area contributed by atoms with Gasteiger partial charge in [0.2, 0.25) is 0 Å². The van der Waals surface area contributed by atoms with Crippen LogP contribution in [0, 0.1) is 11.6 Å². The van der Waals surface area contributed by atoms with Crippen molar-refractivity contribution in [3.63, 3.8) is 0 Å². The van der Waals surface area contributed by atoms with Crippen LogP contribution >= 0.6 is 23.1 Å². The monoisotopic (exact) mass is 532 g/mol. The SMILES string of the molecule is C=C(C)c1ccc(S(=O)(=O)Nc2ccc(SCc3nc4cc(F)cc(F)c4s3)cc2)cc1C(=O)O. The maximum Gasteiger partial charge on any atom is 0.336 e. The van der Waals surface area contributed by atoms with Gasteiger partial charge in [0.05, 0.1) is 26.4 Å². The number of benzene rings is 3. The normalized spacial score (nSPS) is 11.5. The highest BCUT2D eigenvalue weighted by atomic mass is 32.2. The first kappa shape index (κ1) is 24.8. The Labute approximate surface area is 208 Å². The molecule has 0 spiro atoms. The molecule has 0 saturated carbocycles. The molecule has 2 N–H and O–H groups in total. The van der Waals surface area contributed by atoms with Gasteiger partial charge < -0.3 is 5.11 Å². The molecule has 35 heavy (non-hydrogen) atoms. The van der Waals surface area contributed by atoms with Crippen molar-refractivity contribution in [3.05, 3.63) is 88.9 Å². The number of nitrogens with one attached hydrogen (secondary N) is 1. The number of hydrogen-bond donors (Lipinski definition) is 2. The van der Waals surface area contributed by atoms with Gasteiger partial charge in [0.25, 0.3) is 10.0 Å². The number of hydrogen-bond acceptors (Lipinski definition) is 6. The number of carboxylic acids is 1. The van der Waals surface area contributed by atoms with Crippen LogP contribution in [0.15, 0.2) is 71.0 Å². The number of carboxylic acid groups (broad SMARTS) is 1. The van der Waals surface area contributed by atoms with Crippen molar-refractivity contribution in [3.8, 4) is 0 Å². The number of sulfonamides is 1. The Morgan fingerprint density at radius 3 is 2.49 bits per heavy atom. The predicted octanol–water partition coefficient (Wildman–Crippen LogP) is 6.40. The fourth-order valence-electron chi connectivity index (χ4n) is 3.29. The van der Waals surface area contributed by atoms with Gasteiger partial charge in [-0.05, 0) is 48.9 Å². The zero-order valence-electron chi connectivity index (χ0n) is 18.2. The van der Waals surface area contributed by atoms with Crippen molar-refractivity contribution < 1.29 is 27.1 Å². The zero-order valence-corrected chi connectivity index (χ0v) is 20.7.